The fourth-order valence-corrected chi connectivity index (χ4v) is 0.994. The van der Waals surface area contributed by atoms with Crippen LogP contribution in [0.4, 0.5) is 19.0 Å². The van der Waals surface area contributed by atoms with Gasteiger partial charge in [-0.2, -0.15) is 8.78 Å². The Labute approximate surface area is 98.1 Å². The van der Waals surface area contributed by atoms with Gasteiger partial charge in [0.1, 0.15) is 12.7 Å². The molecule has 0 atom stereocenters. The molecule has 0 aromatic carbocycles. The summed E-state index contributed by atoms with van der Waals surface area (Å²) >= 11 is 0. The zero-order chi connectivity index (χ0) is 13.7. The number of halogens is 3. The van der Waals surface area contributed by atoms with Crippen molar-refractivity contribution in [3.05, 3.63) is 34.5 Å². The van der Waals surface area contributed by atoms with Gasteiger partial charge in [-0.1, -0.05) is 0 Å². The summed E-state index contributed by atoms with van der Waals surface area (Å²) in [5.41, 5.74) is 0. The maximum Gasteiger partial charge on any atom is 0.381 e. The fraction of sp³-hybridized carbons (Fsp3) is 0.250. The number of nitrogens with one attached hydrogen (secondary N) is 1. The smallest absolute Gasteiger partial charge is 0.358 e. The molecule has 0 radical (unpaired) electrons. The van der Waals surface area contributed by atoms with Gasteiger partial charge in [-0.15, -0.1) is 0 Å². The van der Waals surface area contributed by atoms with Gasteiger partial charge in [0.25, 0.3) is 0 Å². The van der Waals surface area contributed by atoms with Gasteiger partial charge in [-0.25, -0.2) is 4.39 Å². The number of amides is 1. The lowest BCUT2D eigenvalue weighted by molar-refractivity contribution is -0.389. The number of nitro groups is 1. The highest BCUT2D eigenvalue weighted by molar-refractivity contribution is 5.75. The Bertz CT molecular complexity index is 496. The molecule has 1 amide bonds. The van der Waals surface area contributed by atoms with E-state index in [4.69, 9.17) is 0 Å². The number of imidazole rings is 1. The van der Waals surface area contributed by atoms with Crippen LogP contribution in [0, 0.1) is 10.1 Å². The summed E-state index contributed by atoms with van der Waals surface area (Å²) in [7, 11) is 0. The van der Waals surface area contributed by atoms with E-state index in [-0.39, 0.29) is 6.54 Å². The minimum atomic E-state index is -2.51. The molecule has 0 bridgehead atoms. The number of carbonyl (C=O) groups is 1. The second-order valence-electron chi connectivity index (χ2n) is 3.10. The number of aromatic nitrogens is 2. The van der Waals surface area contributed by atoms with Gasteiger partial charge in [-0.05, 0) is 9.91 Å². The second-order valence-corrected chi connectivity index (χ2v) is 3.10. The Morgan fingerprint density at radius 2 is 2.17 bits per heavy atom. The molecule has 1 N–H and O–H groups in total. The number of rotatable bonds is 5. The SMILES string of the molecule is O=C(Cn1cnc([N+](=O)[O-])c1)NCC(F)=C(F)F. The predicted molar refractivity (Wildman–Crippen MR) is 52.2 cm³/mol. The van der Waals surface area contributed by atoms with Gasteiger partial charge in [0.05, 0.1) is 6.54 Å². The second kappa shape index (κ2) is 5.80. The molecule has 0 spiro atoms. The van der Waals surface area contributed by atoms with Crippen LogP contribution in [0.2, 0.25) is 0 Å². The molecule has 0 aliphatic rings. The molecule has 0 fully saturated rings. The minimum Gasteiger partial charge on any atom is -0.358 e. The molecule has 0 aliphatic carbocycles. The summed E-state index contributed by atoms with van der Waals surface area (Å²) in [5, 5.41) is 12.2. The monoisotopic (exact) mass is 264 g/mol. The summed E-state index contributed by atoms with van der Waals surface area (Å²) < 4.78 is 36.7. The van der Waals surface area contributed by atoms with Crippen LogP contribution >= 0.6 is 0 Å². The van der Waals surface area contributed by atoms with Crippen LogP contribution in [0.3, 0.4) is 0 Å². The van der Waals surface area contributed by atoms with Gasteiger partial charge >= 0.3 is 11.9 Å². The first-order chi connectivity index (χ1) is 8.40. The van der Waals surface area contributed by atoms with E-state index < -0.39 is 35.1 Å². The van der Waals surface area contributed by atoms with E-state index in [1.165, 1.54) is 0 Å². The van der Waals surface area contributed by atoms with Gasteiger partial charge in [0, 0.05) is 0 Å². The lowest BCUT2D eigenvalue weighted by Crippen LogP contribution is -2.28. The van der Waals surface area contributed by atoms with Crippen molar-refractivity contribution >= 4 is 11.7 Å². The van der Waals surface area contributed by atoms with E-state index >= 15 is 0 Å². The largest absolute Gasteiger partial charge is 0.381 e. The summed E-state index contributed by atoms with van der Waals surface area (Å²) in [6.07, 6.45) is -0.491. The number of nitrogens with zero attached hydrogens (tertiary/aromatic N) is 3. The maximum atomic E-state index is 12.3. The van der Waals surface area contributed by atoms with Crippen LogP contribution < -0.4 is 5.32 Å². The molecular formula is C8H7F3N4O3. The molecule has 0 unspecified atom stereocenters. The van der Waals surface area contributed by atoms with E-state index in [0.29, 0.717) is 0 Å². The number of hydrogen-bond donors (Lipinski definition) is 1. The van der Waals surface area contributed by atoms with E-state index in [1.807, 2.05) is 5.32 Å². The van der Waals surface area contributed by atoms with E-state index in [2.05, 4.69) is 4.98 Å². The van der Waals surface area contributed by atoms with Crippen LogP contribution in [0.15, 0.2) is 24.4 Å². The van der Waals surface area contributed by atoms with Crippen molar-refractivity contribution in [1.82, 2.24) is 14.9 Å². The zero-order valence-electron chi connectivity index (χ0n) is 8.77. The molecule has 1 aromatic rings. The summed E-state index contributed by atoms with van der Waals surface area (Å²) in [6, 6.07) is 0. The third kappa shape index (κ3) is 3.88. The molecule has 98 valence electrons. The van der Waals surface area contributed by atoms with Crippen LogP contribution in [-0.2, 0) is 11.3 Å². The average molecular weight is 264 g/mol. The molecule has 1 heterocycles. The van der Waals surface area contributed by atoms with Crippen LogP contribution in [-0.4, -0.2) is 26.9 Å². The molecule has 0 saturated carbocycles. The molecule has 10 heteroatoms. The quantitative estimate of drug-likeness (QED) is 0.634. The standard InChI is InChI=1S/C8H7F3N4O3/c9-5(8(10)11)1-12-7(16)3-14-2-6(13-4-14)15(17)18/h2,4H,1,3H2,(H,12,16). The number of hydrogen-bond acceptors (Lipinski definition) is 4. The van der Waals surface area contributed by atoms with Crippen molar-refractivity contribution in [2.75, 3.05) is 6.54 Å². The van der Waals surface area contributed by atoms with Crippen molar-refractivity contribution in [2.24, 2.45) is 0 Å². The third-order valence-corrected chi connectivity index (χ3v) is 1.78. The van der Waals surface area contributed by atoms with Gasteiger partial charge in [0.15, 0.2) is 5.83 Å². The van der Waals surface area contributed by atoms with Gasteiger partial charge in [-0.3, -0.25) is 4.79 Å². The Morgan fingerprint density at radius 3 is 2.67 bits per heavy atom. The average Bonchev–Trinajstić information content (AvgIpc) is 2.74. The highest BCUT2D eigenvalue weighted by atomic mass is 19.3. The first kappa shape index (κ1) is 13.7. The van der Waals surface area contributed by atoms with E-state index in [9.17, 15) is 28.1 Å². The molecule has 7 nitrogen and oxygen atoms in total. The van der Waals surface area contributed by atoms with Crippen molar-refractivity contribution < 1.29 is 22.9 Å². The van der Waals surface area contributed by atoms with Crippen LogP contribution in [0.1, 0.15) is 0 Å². The van der Waals surface area contributed by atoms with Crippen molar-refractivity contribution in [2.45, 2.75) is 6.54 Å². The Hall–Kier alpha value is -2.39. The normalized spacial score (nSPS) is 9.94. The van der Waals surface area contributed by atoms with Crippen LogP contribution in [0.5, 0.6) is 0 Å². The van der Waals surface area contributed by atoms with Crippen LogP contribution in [0.25, 0.3) is 0 Å². The fourth-order valence-electron chi connectivity index (χ4n) is 0.994. The lowest BCUT2D eigenvalue weighted by atomic mass is 10.5. The molecule has 1 aromatic heterocycles. The molecule has 1 rings (SSSR count). The summed E-state index contributed by atoms with van der Waals surface area (Å²) in [6.45, 7) is -1.32. The van der Waals surface area contributed by atoms with E-state index in [1.54, 1.807) is 0 Å². The lowest BCUT2D eigenvalue weighted by Gasteiger charge is -2.02. The van der Waals surface area contributed by atoms with Crippen molar-refractivity contribution in [1.29, 1.82) is 0 Å². The maximum absolute atomic E-state index is 12.3. The molecule has 0 saturated heterocycles. The molecular weight excluding hydrogens is 257 g/mol. The van der Waals surface area contributed by atoms with Gasteiger partial charge in [0.2, 0.25) is 12.2 Å². The van der Waals surface area contributed by atoms with Crippen molar-refractivity contribution in [3.8, 4) is 0 Å². The summed E-state index contributed by atoms with van der Waals surface area (Å²) in [4.78, 5) is 24.1. The van der Waals surface area contributed by atoms with E-state index in [0.717, 1.165) is 17.1 Å². The first-order valence-corrected chi connectivity index (χ1v) is 4.52. The Morgan fingerprint density at radius 1 is 1.50 bits per heavy atom. The zero-order valence-corrected chi connectivity index (χ0v) is 8.77. The predicted octanol–water partition coefficient (Wildman–Crippen LogP) is 0.985. The highest BCUT2D eigenvalue weighted by Crippen LogP contribution is 2.07. The summed E-state index contributed by atoms with van der Waals surface area (Å²) in [5.74, 6) is -2.97. The molecule has 0 aliphatic heterocycles. The Balaban J connectivity index is 2.50. The molecule has 18 heavy (non-hydrogen) atoms. The number of carbonyl (C=O) groups excluding carboxylic acids is 1. The first-order valence-electron chi connectivity index (χ1n) is 4.52. The highest BCUT2D eigenvalue weighted by Gasteiger charge is 2.12. The minimum absolute atomic E-state index is 0.387. The Kier molecular flexibility index (Phi) is 4.40. The van der Waals surface area contributed by atoms with Crippen molar-refractivity contribution in [3.63, 3.8) is 0 Å². The third-order valence-electron chi connectivity index (χ3n) is 1.78. The van der Waals surface area contributed by atoms with Gasteiger partial charge < -0.3 is 20.0 Å². The topological polar surface area (TPSA) is 90.1 Å².